The lowest BCUT2D eigenvalue weighted by molar-refractivity contribution is 0.146. The first kappa shape index (κ1) is 13.8. The zero-order chi connectivity index (χ0) is 11.9. The van der Waals surface area contributed by atoms with Gasteiger partial charge in [0.25, 0.3) is 0 Å². The van der Waals surface area contributed by atoms with E-state index >= 15 is 0 Å². The van der Waals surface area contributed by atoms with Crippen LogP contribution in [0.3, 0.4) is 0 Å². The van der Waals surface area contributed by atoms with Crippen molar-refractivity contribution in [1.82, 2.24) is 5.32 Å². The highest BCUT2D eigenvalue weighted by Crippen LogP contribution is 2.24. The van der Waals surface area contributed by atoms with Crippen LogP contribution in [0.2, 0.25) is 0 Å². The monoisotopic (exact) mass is 244 g/mol. The van der Waals surface area contributed by atoms with Crippen LogP contribution in [0, 0.1) is 0 Å². The molecule has 0 aromatic carbocycles. The van der Waals surface area contributed by atoms with Gasteiger partial charge in [0.2, 0.25) is 0 Å². The quantitative estimate of drug-likeness (QED) is 0.729. The molecule has 0 bridgehead atoms. The summed E-state index contributed by atoms with van der Waals surface area (Å²) in [5.41, 5.74) is 0.254. The van der Waals surface area contributed by atoms with Crippen LogP contribution in [-0.4, -0.2) is 36.2 Å². The summed E-state index contributed by atoms with van der Waals surface area (Å²) in [5, 5.41) is 4.66. The molecule has 1 aliphatic rings. The summed E-state index contributed by atoms with van der Waals surface area (Å²) in [6.07, 6.45) is 3.40. The van der Waals surface area contributed by atoms with Gasteiger partial charge in [-0.05, 0) is 33.1 Å². The molecule has 0 aliphatic carbocycles. The van der Waals surface area contributed by atoms with E-state index in [1.165, 1.54) is 12.2 Å². The van der Waals surface area contributed by atoms with Crippen LogP contribution in [0.5, 0.6) is 0 Å². The van der Waals surface area contributed by atoms with E-state index in [1.54, 1.807) is 0 Å². The second-order valence-electron chi connectivity index (χ2n) is 4.38. The maximum atomic E-state index is 5.29. The normalized spacial score (nSPS) is 28.1. The van der Waals surface area contributed by atoms with Gasteiger partial charge in [-0.25, -0.2) is 0 Å². The highest BCUT2D eigenvalue weighted by atomic mass is 32.2. The molecule has 4 heteroatoms. The van der Waals surface area contributed by atoms with Crippen LogP contribution in [-0.2, 0) is 4.74 Å². The van der Waals surface area contributed by atoms with Crippen LogP contribution < -0.4 is 5.32 Å². The van der Waals surface area contributed by atoms with E-state index in [4.69, 9.17) is 4.74 Å². The van der Waals surface area contributed by atoms with Gasteiger partial charge in [0.1, 0.15) is 0 Å². The number of nitrogens with one attached hydrogen (secondary N) is 1. The summed E-state index contributed by atoms with van der Waals surface area (Å²) < 4.78 is 5.29. The van der Waals surface area contributed by atoms with E-state index in [0.29, 0.717) is 0 Å². The zero-order valence-electron chi connectivity index (χ0n) is 10.7. The molecule has 3 nitrogen and oxygen atoms in total. The lowest BCUT2D eigenvalue weighted by Crippen LogP contribution is -2.48. The summed E-state index contributed by atoms with van der Waals surface area (Å²) in [5.74, 6) is 1.18. The van der Waals surface area contributed by atoms with Crippen LogP contribution in [0.1, 0.15) is 40.0 Å². The van der Waals surface area contributed by atoms with Crippen molar-refractivity contribution in [3.05, 3.63) is 0 Å². The molecular weight excluding hydrogens is 220 g/mol. The van der Waals surface area contributed by atoms with Crippen molar-refractivity contribution in [3.63, 3.8) is 0 Å². The lowest BCUT2D eigenvalue weighted by atomic mass is 9.96. The number of ether oxygens (including phenoxy) is 1. The smallest absolute Gasteiger partial charge is 0.156 e. The van der Waals surface area contributed by atoms with Crippen LogP contribution in [0.15, 0.2) is 4.99 Å². The number of hydrogen-bond acceptors (Lipinski definition) is 3. The maximum absolute atomic E-state index is 5.29. The standard InChI is InChI=1S/C12H24N2OS/c1-4-12(3)7-10-16-11(14-12)13-8-6-9-15-5-2/h4-10H2,1-3H3,(H,13,14). The van der Waals surface area contributed by atoms with Crippen molar-refractivity contribution in [2.75, 3.05) is 25.5 Å². The second kappa shape index (κ2) is 7.17. The van der Waals surface area contributed by atoms with Crippen molar-refractivity contribution < 1.29 is 4.74 Å². The minimum Gasteiger partial charge on any atom is -0.382 e. The number of nitrogens with zero attached hydrogens (tertiary/aromatic N) is 1. The van der Waals surface area contributed by atoms with E-state index in [9.17, 15) is 0 Å². The van der Waals surface area contributed by atoms with Crippen LogP contribution in [0.4, 0.5) is 0 Å². The number of rotatable bonds is 6. The molecule has 1 heterocycles. The molecule has 1 saturated heterocycles. The van der Waals surface area contributed by atoms with Gasteiger partial charge in [-0.3, -0.25) is 4.99 Å². The van der Waals surface area contributed by atoms with Crippen molar-refractivity contribution in [2.24, 2.45) is 4.99 Å². The fourth-order valence-electron chi connectivity index (χ4n) is 1.57. The van der Waals surface area contributed by atoms with E-state index in [0.717, 1.165) is 37.8 Å². The summed E-state index contributed by atoms with van der Waals surface area (Å²) in [6, 6.07) is 0. The van der Waals surface area contributed by atoms with Gasteiger partial charge in [0, 0.05) is 31.1 Å². The Balaban J connectivity index is 2.27. The minimum absolute atomic E-state index is 0.254. The van der Waals surface area contributed by atoms with Crippen molar-refractivity contribution in [2.45, 2.75) is 45.6 Å². The molecule has 94 valence electrons. The third kappa shape index (κ3) is 4.74. The van der Waals surface area contributed by atoms with E-state index < -0.39 is 0 Å². The second-order valence-corrected chi connectivity index (χ2v) is 5.46. The molecule has 1 rings (SSSR count). The minimum atomic E-state index is 0.254. The topological polar surface area (TPSA) is 33.6 Å². The summed E-state index contributed by atoms with van der Waals surface area (Å²) in [6.45, 7) is 9.03. The SMILES string of the molecule is CCOCCCN=C1NC(C)(CC)CCS1. The number of thioether (sulfide) groups is 1. The molecule has 0 spiro atoms. The van der Waals surface area contributed by atoms with Gasteiger partial charge in [-0.1, -0.05) is 18.7 Å². The highest BCUT2D eigenvalue weighted by Gasteiger charge is 2.27. The predicted molar refractivity (Wildman–Crippen MR) is 72.3 cm³/mol. The largest absolute Gasteiger partial charge is 0.382 e. The molecule has 1 atom stereocenters. The molecule has 1 unspecified atom stereocenters. The van der Waals surface area contributed by atoms with Gasteiger partial charge >= 0.3 is 0 Å². The molecule has 0 aromatic heterocycles. The average Bonchev–Trinajstić information content (AvgIpc) is 2.29. The van der Waals surface area contributed by atoms with Crippen molar-refractivity contribution in [1.29, 1.82) is 0 Å². The molecule has 0 radical (unpaired) electrons. The number of amidine groups is 1. The first-order valence-corrected chi connectivity index (χ1v) is 7.22. The molecular formula is C12H24N2OS. The van der Waals surface area contributed by atoms with E-state index in [2.05, 4.69) is 24.2 Å². The van der Waals surface area contributed by atoms with E-state index in [1.807, 2.05) is 18.7 Å². The summed E-state index contributed by atoms with van der Waals surface area (Å²) >= 11 is 1.84. The van der Waals surface area contributed by atoms with Crippen LogP contribution >= 0.6 is 11.8 Å². The zero-order valence-corrected chi connectivity index (χ0v) is 11.5. The van der Waals surface area contributed by atoms with Crippen molar-refractivity contribution >= 4 is 16.9 Å². The first-order valence-electron chi connectivity index (χ1n) is 6.23. The van der Waals surface area contributed by atoms with Gasteiger partial charge in [0.15, 0.2) is 5.17 Å². The number of aliphatic imine (C=N–C) groups is 1. The Hall–Kier alpha value is -0.220. The molecule has 1 fully saturated rings. The molecule has 0 saturated carbocycles. The predicted octanol–water partition coefficient (Wildman–Crippen LogP) is 2.66. The van der Waals surface area contributed by atoms with Crippen LogP contribution in [0.25, 0.3) is 0 Å². The number of hydrogen-bond donors (Lipinski definition) is 1. The Kier molecular flexibility index (Phi) is 6.21. The Labute approximate surface area is 103 Å². The maximum Gasteiger partial charge on any atom is 0.156 e. The highest BCUT2D eigenvalue weighted by molar-refractivity contribution is 8.13. The Morgan fingerprint density at radius 1 is 1.50 bits per heavy atom. The summed E-state index contributed by atoms with van der Waals surface area (Å²) in [7, 11) is 0. The molecule has 0 aromatic rings. The third-order valence-electron chi connectivity index (χ3n) is 2.99. The van der Waals surface area contributed by atoms with Gasteiger partial charge in [-0.2, -0.15) is 0 Å². The average molecular weight is 244 g/mol. The fourth-order valence-corrected chi connectivity index (χ4v) is 2.82. The third-order valence-corrected chi connectivity index (χ3v) is 3.90. The Morgan fingerprint density at radius 2 is 2.31 bits per heavy atom. The van der Waals surface area contributed by atoms with Gasteiger partial charge < -0.3 is 10.1 Å². The fraction of sp³-hybridized carbons (Fsp3) is 0.917. The molecule has 1 aliphatic heterocycles. The van der Waals surface area contributed by atoms with Gasteiger partial charge in [-0.15, -0.1) is 0 Å². The van der Waals surface area contributed by atoms with E-state index in [-0.39, 0.29) is 5.54 Å². The van der Waals surface area contributed by atoms with Crippen molar-refractivity contribution in [3.8, 4) is 0 Å². The lowest BCUT2D eigenvalue weighted by Gasteiger charge is -2.35. The molecule has 0 amide bonds. The van der Waals surface area contributed by atoms with Gasteiger partial charge in [0.05, 0.1) is 0 Å². The molecule has 1 N–H and O–H groups in total. The first-order chi connectivity index (χ1) is 7.70. The summed E-state index contributed by atoms with van der Waals surface area (Å²) in [4.78, 5) is 4.59. The Morgan fingerprint density at radius 3 is 3.00 bits per heavy atom. The Bertz CT molecular complexity index is 233. The molecule has 16 heavy (non-hydrogen) atoms.